The van der Waals surface area contributed by atoms with Gasteiger partial charge in [0.25, 0.3) is 0 Å². The Kier molecular flexibility index (Phi) is 5.36. The lowest BCUT2D eigenvalue weighted by Gasteiger charge is -2.25. The second-order valence-corrected chi connectivity index (χ2v) is 6.56. The maximum absolute atomic E-state index is 13.0. The second kappa shape index (κ2) is 7.67. The molecule has 0 aliphatic carbocycles. The third kappa shape index (κ3) is 4.26. The van der Waals surface area contributed by atoms with Gasteiger partial charge in [-0.3, -0.25) is 0 Å². The molecule has 1 aliphatic heterocycles. The van der Waals surface area contributed by atoms with Gasteiger partial charge in [-0.2, -0.15) is 0 Å². The molecule has 2 amide bonds. The Hall–Kier alpha value is -2.07. The smallest absolute Gasteiger partial charge is 0.321 e. The fourth-order valence-electron chi connectivity index (χ4n) is 3.07. The summed E-state index contributed by atoms with van der Waals surface area (Å²) in [5.41, 5.74) is 1.81. The average molecular weight is 347 g/mol. The largest absolute Gasteiger partial charge is 0.324 e. The van der Waals surface area contributed by atoms with E-state index in [0.29, 0.717) is 18.2 Å². The van der Waals surface area contributed by atoms with Crippen molar-refractivity contribution < 1.29 is 9.18 Å². The fourth-order valence-corrected chi connectivity index (χ4v) is 3.20. The van der Waals surface area contributed by atoms with Crippen molar-refractivity contribution in [3.8, 4) is 0 Å². The van der Waals surface area contributed by atoms with Crippen molar-refractivity contribution in [2.45, 2.75) is 25.2 Å². The normalized spacial score (nSPS) is 18.1. The van der Waals surface area contributed by atoms with Crippen LogP contribution in [0.25, 0.3) is 0 Å². The number of rotatable bonds is 2. The van der Waals surface area contributed by atoms with Gasteiger partial charge in [0.1, 0.15) is 5.82 Å². The zero-order valence-corrected chi connectivity index (χ0v) is 14.1. The van der Waals surface area contributed by atoms with Gasteiger partial charge < -0.3 is 10.2 Å². The van der Waals surface area contributed by atoms with Gasteiger partial charge in [0.15, 0.2) is 0 Å². The van der Waals surface area contributed by atoms with Crippen LogP contribution in [0.5, 0.6) is 0 Å². The quantitative estimate of drug-likeness (QED) is 0.788. The van der Waals surface area contributed by atoms with Gasteiger partial charge in [0, 0.05) is 29.7 Å². The summed E-state index contributed by atoms with van der Waals surface area (Å²) in [6.45, 7) is 1.41. The third-order valence-corrected chi connectivity index (χ3v) is 4.65. The molecule has 3 rings (SSSR count). The Morgan fingerprint density at radius 3 is 2.50 bits per heavy atom. The van der Waals surface area contributed by atoms with E-state index in [9.17, 15) is 9.18 Å². The van der Waals surface area contributed by atoms with Gasteiger partial charge in [-0.15, -0.1) is 0 Å². The van der Waals surface area contributed by atoms with Crippen LogP contribution in [0, 0.1) is 5.82 Å². The molecule has 0 aromatic heterocycles. The summed E-state index contributed by atoms with van der Waals surface area (Å²) in [5.74, 6) is -0.00527. The number of amides is 2. The minimum atomic E-state index is -0.314. The first-order valence-electron chi connectivity index (χ1n) is 8.19. The number of anilines is 1. The Morgan fingerprint density at radius 2 is 1.79 bits per heavy atom. The van der Waals surface area contributed by atoms with Crippen molar-refractivity contribution >= 4 is 23.3 Å². The number of hydrogen-bond donors (Lipinski definition) is 1. The number of carbonyl (C=O) groups excluding carboxylic acids is 1. The summed E-state index contributed by atoms with van der Waals surface area (Å²) in [5, 5.41) is 3.57. The monoisotopic (exact) mass is 346 g/mol. The maximum Gasteiger partial charge on any atom is 0.321 e. The molecule has 0 bridgehead atoms. The highest BCUT2D eigenvalue weighted by Gasteiger charge is 2.23. The lowest BCUT2D eigenvalue weighted by molar-refractivity contribution is 0.211. The van der Waals surface area contributed by atoms with Crippen LogP contribution >= 0.6 is 11.6 Å². The molecule has 1 heterocycles. The van der Waals surface area contributed by atoms with Crippen molar-refractivity contribution in [2.75, 3.05) is 18.4 Å². The van der Waals surface area contributed by atoms with Gasteiger partial charge in [0.05, 0.1) is 0 Å². The zero-order valence-electron chi connectivity index (χ0n) is 13.3. The lowest BCUT2D eigenvalue weighted by atomic mass is 9.94. The van der Waals surface area contributed by atoms with Crippen LogP contribution in [0.2, 0.25) is 5.02 Å². The SMILES string of the molecule is O=C(Nc1ccc(F)cc1)N1CCCCC(c2ccc(Cl)cc2)C1. The summed E-state index contributed by atoms with van der Waals surface area (Å²) >= 11 is 5.96. The van der Waals surface area contributed by atoms with E-state index in [4.69, 9.17) is 11.6 Å². The summed E-state index contributed by atoms with van der Waals surface area (Å²) in [6.07, 6.45) is 3.14. The molecule has 5 heteroatoms. The predicted molar refractivity (Wildman–Crippen MR) is 95.0 cm³/mol. The summed E-state index contributed by atoms with van der Waals surface area (Å²) in [6, 6.07) is 13.5. The molecule has 24 heavy (non-hydrogen) atoms. The number of halogens is 2. The van der Waals surface area contributed by atoms with Gasteiger partial charge >= 0.3 is 6.03 Å². The van der Waals surface area contributed by atoms with Gasteiger partial charge in [0.2, 0.25) is 0 Å². The standard InChI is InChI=1S/C19H20ClFN2O/c20-16-6-4-14(5-7-16)15-3-1-2-12-23(13-15)19(24)22-18-10-8-17(21)9-11-18/h4-11,15H,1-3,12-13H2,(H,22,24). The van der Waals surface area contributed by atoms with E-state index in [1.165, 1.54) is 17.7 Å². The minimum Gasteiger partial charge on any atom is -0.324 e. The van der Waals surface area contributed by atoms with E-state index in [1.807, 2.05) is 29.2 Å². The van der Waals surface area contributed by atoms with Crippen LogP contribution in [0.15, 0.2) is 48.5 Å². The van der Waals surface area contributed by atoms with E-state index < -0.39 is 0 Å². The van der Waals surface area contributed by atoms with Crippen LogP contribution in [0.3, 0.4) is 0 Å². The van der Waals surface area contributed by atoms with E-state index in [-0.39, 0.29) is 11.8 Å². The van der Waals surface area contributed by atoms with Gasteiger partial charge in [-0.1, -0.05) is 30.2 Å². The highest BCUT2D eigenvalue weighted by Crippen LogP contribution is 2.27. The molecule has 1 unspecified atom stereocenters. The number of nitrogens with one attached hydrogen (secondary N) is 1. The molecule has 0 spiro atoms. The molecule has 1 aliphatic rings. The van der Waals surface area contributed by atoms with Crippen LogP contribution in [-0.2, 0) is 0 Å². The van der Waals surface area contributed by atoms with Gasteiger partial charge in [-0.05, 0) is 54.8 Å². The number of carbonyl (C=O) groups is 1. The molecule has 0 radical (unpaired) electrons. The van der Waals surface area contributed by atoms with Crippen molar-refractivity contribution in [3.63, 3.8) is 0 Å². The van der Waals surface area contributed by atoms with Crippen molar-refractivity contribution in [1.82, 2.24) is 4.90 Å². The molecule has 2 aromatic carbocycles. The van der Waals surface area contributed by atoms with E-state index in [1.54, 1.807) is 12.1 Å². The molecule has 3 nitrogen and oxygen atoms in total. The molecule has 2 aromatic rings. The molecule has 126 valence electrons. The Labute approximate surface area is 146 Å². The number of benzene rings is 2. The maximum atomic E-state index is 13.0. The fraction of sp³-hybridized carbons (Fsp3) is 0.316. The highest BCUT2D eigenvalue weighted by molar-refractivity contribution is 6.30. The van der Waals surface area contributed by atoms with Gasteiger partial charge in [-0.25, -0.2) is 9.18 Å². The molecule has 1 saturated heterocycles. The summed E-state index contributed by atoms with van der Waals surface area (Å²) < 4.78 is 13.0. The van der Waals surface area contributed by atoms with E-state index >= 15 is 0 Å². The third-order valence-electron chi connectivity index (χ3n) is 4.40. The molecule has 1 fully saturated rings. The lowest BCUT2D eigenvalue weighted by Crippen LogP contribution is -2.37. The molecule has 1 N–H and O–H groups in total. The van der Waals surface area contributed by atoms with Crippen LogP contribution in [-0.4, -0.2) is 24.0 Å². The minimum absolute atomic E-state index is 0.137. The average Bonchev–Trinajstić information content (AvgIpc) is 2.84. The number of nitrogens with zero attached hydrogens (tertiary/aromatic N) is 1. The van der Waals surface area contributed by atoms with E-state index in [0.717, 1.165) is 30.8 Å². The molecular formula is C19H20ClFN2O. The second-order valence-electron chi connectivity index (χ2n) is 6.13. The summed E-state index contributed by atoms with van der Waals surface area (Å²) in [4.78, 5) is 14.4. The van der Waals surface area contributed by atoms with Crippen molar-refractivity contribution in [2.24, 2.45) is 0 Å². The van der Waals surface area contributed by atoms with Crippen LogP contribution < -0.4 is 5.32 Å². The molecule has 1 atom stereocenters. The number of urea groups is 1. The number of likely N-dealkylation sites (tertiary alicyclic amines) is 1. The first-order valence-corrected chi connectivity index (χ1v) is 8.56. The molecular weight excluding hydrogens is 327 g/mol. The zero-order chi connectivity index (χ0) is 16.9. The van der Waals surface area contributed by atoms with Crippen molar-refractivity contribution in [3.05, 3.63) is 64.9 Å². The molecule has 0 saturated carbocycles. The topological polar surface area (TPSA) is 32.3 Å². The Morgan fingerprint density at radius 1 is 1.08 bits per heavy atom. The highest BCUT2D eigenvalue weighted by atomic mass is 35.5. The van der Waals surface area contributed by atoms with Crippen LogP contribution in [0.1, 0.15) is 30.7 Å². The van der Waals surface area contributed by atoms with Crippen LogP contribution in [0.4, 0.5) is 14.9 Å². The van der Waals surface area contributed by atoms with Crippen molar-refractivity contribution in [1.29, 1.82) is 0 Å². The first kappa shape index (κ1) is 16.8. The Bertz CT molecular complexity index is 688. The summed E-state index contributed by atoms with van der Waals surface area (Å²) in [7, 11) is 0. The Balaban J connectivity index is 1.68. The predicted octanol–water partition coefficient (Wildman–Crippen LogP) is 5.28. The first-order chi connectivity index (χ1) is 11.6. The number of hydrogen-bond acceptors (Lipinski definition) is 1. The van der Waals surface area contributed by atoms with E-state index in [2.05, 4.69) is 5.32 Å².